The van der Waals surface area contributed by atoms with E-state index in [1.165, 1.54) is 5.69 Å². The van der Waals surface area contributed by atoms with Crippen LogP contribution in [0.1, 0.15) is 26.5 Å². The second kappa shape index (κ2) is 2.88. The Labute approximate surface area is 94.1 Å². The van der Waals surface area contributed by atoms with Gasteiger partial charge in [0.05, 0.1) is 11.0 Å². The third-order valence-corrected chi connectivity index (χ3v) is 2.90. The van der Waals surface area contributed by atoms with Crippen LogP contribution in [0.4, 0.5) is 0 Å². The predicted molar refractivity (Wildman–Crippen MR) is 65.7 cm³/mol. The number of nitrogens with zero attached hydrogens (tertiary/aromatic N) is 2. The van der Waals surface area contributed by atoms with Crippen molar-refractivity contribution in [3.63, 3.8) is 0 Å². The molecule has 1 aromatic carbocycles. The van der Waals surface area contributed by atoms with Gasteiger partial charge in [0.25, 0.3) is 0 Å². The molecule has 0 fully saturated rings. The average Bonchev–Trinajstić information content (AvgIpc) is 2.72. The number of imidazole rings is 1. The number of nitrogens with one attached hydrogen (secondary N) is 1. The summed E-state index contributed by atoms with van der Waals surface area (Å²) < 4.78 is 2.05. The van der Waals surface area contributed by atoms with Crippen molar-refractivity contribution in [3.8, 4) is 0 Å². The van der Waals surface area contributed by atoms with Crippen LogP contribution < -0.4 is 0 Å². The monoisotopic (exact) mass is 213 g/mol. The summed E-state index contributed by atoms with van der Waals surface area (Å²) in [5.41, 5.74) is 4.50. The van der Waals surface area contributed by atoms with Gasteiger partial charge in [-0.25, -0.2) is 9.50 Å². The number of aromatic nitrogens is 3. The van der Waals surface area contributed by atoms with E-state index in [4.69, 9.17) is 0 Å². The van der Waals surface area contributed by atoms with Gasteiger partial charge >= 0.3 is 0 Å². The largest absolute Gasteiger partial charge is 0.296 e. The van der Waals surface area contributed by atoms with Crippen LogP contribution in [0.3, 0.4) is 0 Å². The number of aromatic amines is 1. The quantitative estimate of drug-likeness (QED) is 0.611. The van der Waals surface area contributed by atoms with E-state index in [0.29, 0.717) is 0 Å². The van der Waals surface area contributed by atoms with Crippen LogP contribution in [-0.4, -0.2) is 14.6 Å². The van der Waals surface area contributed by atoms with Crippen molar-refractivity contribution >= 4 is 16.7 Å². The molecule has 3 aromatic rings. The molecular formula is C13H15N3. The first-order valence-electron chi connectivity index (χ1n) is 5.52. The maximum absolute atomic E-state index is 4.58. The van der Waals surface area contributed by atoms with E-state index in [2.05, 4.69) is 47.5 Å². The van der Waals surface area contributed by atoms with Gasteiger partial charge in [0, 0.05) is 17.2 Å². The normalized spacial score (nSPS) is 12.7. The first kappa shape index (κ1) is 9.46. The summed E-state index contributed by atoms with van der Waals surface area (Å²) in [4.78, 5) is 4.58. The molecule has 0 saturated heterocycles. The summed E-state index contributed by atoms with van der Waals surface area (Å²) >= 11 is 0. The summed E-state index contributed by atoms with van der Waals surface area (Å²) in [6, 6.07) is 10.3. The third kappa shape index (κ3) is 1.24. The molecule has 0 aliphatic rings. The van der Waals surface area contributed by atoms with E-state index < -0.39 is 0 Å². The third-order valence-electron chi connectivity index (χ3n) is 2.90. The lowest BCUT2D eigenvalue weighted by Gasteiger charge is -2.15. The molecule has 0 spiro atoms. The summed E-state index contributed by atoms with van der Waals surface area (Å²) in [5, 5.41) is 3.41. The summed E-state index contributed by atoms with van der Waals surface area (Å²) in [6.07, 6.45) is 0. The average molecular weight is 213 g/mol. The number of hydrogen-bond donors (Lipinski definition) is 1. The number of fused-ring (bicyclic) bond motifs is 3. The molecule has 3 heteroatoms. The van der Waals surface area contributed by atoms with E-state index in [-0.39, 0.29) is 5.41 Å². The van der Waals surface area contributed by atoms with Crippen molar-refractivity contribution < 1.29 is 0 Å². The molecule has 16 heavy (non-hydrogen) atoms. The molecule has 0 radical (unpaired) electrons. The molecule has 0 unspecified atom stereocenters. The summed E-state index contributed by atoms with van der Waals surface area (Å²) in [5.74, 6) is 0. The fourth-order valence-corrected chi connectivity index (χ4v) is 1.92. The number of hydrogen-bond acceptors (Lipinski definition) is 1. The zero-order valence-corrected chi connectivity index (χ0v) is 9.78. The Kier molecular flexibility index (Phi) is 1.70. The molecule has 0 atom stereocenters. The van der Waals surface area contributed by atoms with Gasteiger partial charge in [-0.05, 0) is 12.1 Å². The molecule has 1 N–H and O–H groups in total. The SMILES string of the molecule is CC(C)(C)c1cc2nc3ccccc3n2[nH]1. The minimum absolute atomic E-state index is 0.127. The molecule has 2 heterocycles. The highest BCUT2D eigenvalue weighted by Gasteiger charge is 2.17. The lowest BCUT2D eigenvalue weighted by Crippen LogP contribution is -2.11. The Balaban J connectivity index is 2.35. The Morgan fingerprint density at radius 3 is 2.69 bits per heavy atom. The van der Waals surface area contributed by atoms with Crippen molar-refractivity contribution in [1.82, 2.24) is 14.6 Å². The first-order valence-corrected chi connectivity index (χ1v) is 5.52. The second-order valence-electron chi connectivity index (χ2n) is 5.21. The van der Waals surface area contributed by atoms with Crippen LogP contribution in [0.2, 0.25) is 0 Å². The molecule has 2 aromatic heterocycles. The van der Waals surface area contributed by atoms with Crippen LogP contribution in [-0.2, 0) is 5.41 Å². The highest BCUT2D eigenvalue weighted by molar-refractivity contribution is 5.80. The Morgan fingerprint density at radius 1 is 1.19 bits per heavy atom. The van der Waals surface area contributed by atoms with E-state index >= 15 is 0 Å². The maximum atomic E-state index is 4.58. The summed E-state index contributed by atoms with van der Waals surface area (Å²) in [7, 11) is 0. The van der Waals surface area contributed by atoms with Crippen molar-refractivity contribution in [2.24, 2.45) is 0 Å². The van der Waals surface area contributed by atoms with E-state index in [1.807, 2.05) is 18.2 Å². The van der Waals surface area contributed by atoms with E-state index in [9.17, 15) is 0 Å². The maximum Gasteiger partial charge on any atom is 0.154 e. The van der Waals surface area contributed by atoms with Crippen LogP contribution in [0.25, 0.3) is 16.7 Å². The molecule has 0 aliphatic heterocycles. The lowest BCUT2D eigenvalue weighted by atomic mass is 9.93. The molecule has 3 rings (SSSR count). The smallest absolute Gasteiger partial charge is 0.154 e. The number of H-pyrrole nitrogens is 1. The number of benzene rings is 1. The van der Waals surface area contributed by atoms with Gasteiger partial charge in [0.1, 0.15) is 0 Å². The number of rotatable bonds is 0. The Hall–Kier alpha value is -1.77. The Bertz CT molecular complexity index is 652. The summed E-state index contributed by atoms with van der Waals surface area (Å²) in [6.45, 7) is 6.58. The highest BCUT2D eigenvalue weighted by Crippen LogP contribution is 2.24. The zero-order valence-electron chi connectivity index (χ0n) is 9.78. The first-order chi connectivity index (χ1) is 7.55. The van der Waals surface area contributed by atoms with Crippen molar-refractivity contribution in [2.45, 2.75) is 26.2 Å². The van der Waals surface area contributed by atoms with Gasteiger partial charge in [0.15, 0.2) is 5.65 Å². The Morgan fingerprint density at radius 2 is 1.94 bits per heavy atom. The van der Waals surface area contributed by atoms with Crippen LogP contribution in [0.15, 0.2) is 30.3 Å². The number of para-hydroxylation sites is 2. The lowest BCUT2D eigenvalue weighted by molar-refractivity contribution is 0.564. The van der Waals surface area contributed by atoms with Crippen LogP contribution in [0.5, 0.6) is 0 Å². The van der Waals surface area contributed by atoms with Gasteiger partial charge in [0.2, 0.25) is 0 Å². The molecule has 0 aliphatic carbocycles. The molecule has 3 nitrogen and oxygen atoms in total. The molecule has 82 valence electrons. The van der Waals surface area contributed by atoms with Gasteiger partial charge in [-0.2, -0.15) is 0 Å². The molecular weight excluding hydrogens is 198 g/mol. The fraction of sp³-hybridized carbons (Fsp3) is 0.308. The van der Waals surface area contributed by atoms with Gasteiger partial charge in [-0.15, -0.1) is 0 Å². The van der Waals surface area contributed by atoms with Gasteiger partial charge in [-0.3, -0.25) is 5.10 Å². The van der Waals surface area contributed by atoms with E-state index in [0.717, 1.165) is 16.7 Å². The minimum atomic E-state index is 0.127. The van der Waals surface area contributed by atoms with Gasteiger partial charge in [-0.1, -0.05) is 32.9 Å². The molecule has 0 amide bonds. The van der Waals surface area contributed by atoms with Crippen molar-refractivity contribution in [2.75, 3.05) is 0 Å². The molecule has 0 saturated carbocycles. The minimum Gasteiger partial charge on any atom is -0.296 e. The van der Waals surface area contributed by atoms with Crippen molar-refractivity contribution in [3.05, 3.63) is 36.0 Å². The topological polar surface area (TPSA) is 33.1 Å². The standard InChI is InChI=1S/C13H15N3/c1-13(2,3)11-8-12-14-9-6-4-5-7-10(9)16(12)15-11/h4-8,15H,1-3H3. The highest BCUT2D eigenvalue weighted by atomic mass is 15.3. The van der Waals surface area contributed by atoms with Gasteiger partial charge < -0.3 is 0 Å². The van der Waals surface area contributed by atoms with Crippen molar-refractivity contribution in [1.29, 1.82) is 0 Å². The second-order valence-corrected chi connectivity index (χ2v) is 5.21. The molecule has 0 bridgehead atoms. The zero-order chi connectivity index (χ0) is 11.3. The van der Waals surface area contributed by atoms with Crippen LogP contribution >= 0.6 is 0 Å². The fourth-order valence-electron chi connectivity index (χ4n) is 1.92. The van der Waals surface area contributed by atoms with Crippen LogP contribution in [0, 0.1) is 0 Å². The predicted octanol–water partition coefficient (Wildman–Crippen LogP) is 3.11. The van der Waals surface area contributed by atoms with E-state index in [1.54, 1.807) is 0 Å².